The van der Waals surface area contributed by atoms with E-state index < -0.39 is 5.60 Å². The minimum Gasteiger partial charge on any atom is -0.386 e. The zero-order chi connectivity index (χ0) is 8.04. The summed E-state index contributed by atoms with van der Waals surface area (Å²) in [7, 11) is 0. The minimum atomic E-state index is -0.706. The Morgan fingerprint density at radius 2 is 2.30 bits per heavy atom. The van der Waals surface area contributed by atoms with Gasteiger partial charge in [-0.25, -0.2) is 0 Å². The largest absolute Gasteiger partial charge is 0.386 e. The maximum Gasteiger partial charge on any atom is 0.0809 e. The summed E-state index contributed by atoms with van der Waals surface area (Å²) in [6.45, 7) is 9.13. The lowest BCUT2D eigenvalue weighted by Gasteiger charge is -2.17. The van der Waals surface area contributed by atoms with Gasteiger partial charge in [0.2, 0.25) is 0 Å². The highest BCUT2D eigenvalue weighted by Crippen LogP contribution is 2.07. The van der Waals surface area contributed by atoms with E-state index in [0.717, 1.165) is 19.5 Å². The highest BCUT2D eigenvalue weighted by Gasteiger charge is 2.13. The molecule has 0 aliphatic rings. The predicted octanol–water partition coefficient (Wildman–Crippen LogP) is 0.923. The van der Waals surface area contributed by atoms with Gasteiger partial charge < -0.3 is 10.4 Å². The molecule has 0 aromatic carbocycles. The van der Waals surface area contributed by atoms with Crippen LogP contribution in [0.3, 0.4) is 0 Å². The van der Waals surface area contributed by atoms with E-state index in [-0.39, 0.29) is 0 Å². The van der Waals surface area contributed by atoms with Crippen molar-refractivity contribution in [1.29, 1.82) is 0 Å². The van der Waals surface area contributed by atoms with Crippen molar-refractivity contribution in [3.8, 4) is 0 Å². The molecule has 0 spiro atoms. The highest BCUT2D eigenvalue weighted by molar-refractivity contribution is 4.91. The molecule has 0 radical (unpaired) electrons. The van der Waals surface area contributed by atoms with Crippen LogP contribution in [0.5, 0.6) is 0 Å². The van der Waals surface area contributed by atoms with Gasteiger partial charge in [-0.15, -0.1) is 6.58 Å². The van der Waals surface area contributed by atoms with Gasteiger partial charge in [-0.3, -0.25) is 0 Å². The topological polar surface area (TPSA) is 32.3 Å². The standard InChI is InChI=1S/C8H17NO/c1-4-8(3,10)6-7-9-5-2/h4,9-10H,1,5-7H2,2-3H3. The zero-order valence-electron chi connectivity index (χ0n) is 6.85. The summed E-state index contributed by atoms with van der Waals surface area (Å²) < 4.78 is 0. The monoisotopic (exact) mass is 143 g/mol. The Balaban J connectivity index is 3.37. The fourth-order valence-electron chi connectivity index (χ4n) is 0.620. The number of rotatable bonds is 5. The van der Waals surface area contributed by atoms with Crippen LogP contribution in [0.1, 0.15) is 20.3 Å². The Bertz CT molecular complexity index is 99.4. The van der Waals surface area contributed by atoms with Crippen LogP contribution in [-0.2, 0) is 0 Å². The molecule has 2 heteroatoms. The third kappa shape index (κ3) is 4.53. The summed E-state index contributed by atoms with van der Waals surface area (Å²) in [4.78, 5) is 0. The molecule has 2 nitrogen and oxygen atoms in total. The molecule has 1 unspecified atom stereocenters. The van der Waals surface area contributed by atoms with E-state index >= 15 is 0 Å². The number of hydrogen-bond acceptors (Lipinski definition) is 2. The van der Waals surface area contributed by atoms with Gasteiger partial charge in [-0.2, -0.15) is 0 Å². The molecule has 2 N–H and O–H groups in total. The summed E-state index contributed by atoms with van der Waals surface area (Å²) in [5.41, 5.74) is -0.706. The maximum absolute atomic E-state index is 9.39. The second-order valence-corrected chi connectivity index (χ2v) is 2.66. The summed E-state index contributed by atoms with van der Waals surface area (Å²) in [5.74, 6) is 0. The summed E-state index contributed by atoms with van der Waals surface area (Å²) >= 11 is 0. The molecule has 0 bridgehead atoms. The van der Waals surface area contributed by atoms with Crippen molar-refractivity contribution in [3.63, 3.8) is 0 Å². The van der Waals surface area contributed by atoms with Gasteiger partial charge >= 0.3 is 0 Å². The fraction of sp³-hybridized carbons (Fsp3) is 0.750. The SMILES string of the molecule is C=CC(C)(O)CCNCC. The molecule has 0 rings (SSSR count). The van der Waals surface area contributed by atoms with Crippen LogP contribution in [-0.4, -0.2) is 23.8 Å². The average Bonchev–Trinajstić information content (AvgIpc) is 1.89. The molecule has 0 aliphatic carbocycles. The van der Waals surface area contributed by atoms with Gasteiger partial charge in [0, 0.05) is 0 Å². The number of hydrogen-bond donors (Lipinski definition) is 2. The molecule has 0 aliphatic heterocycles. The molecular formula is C8H17NO. The quantitative estimate of drug-likeness (QED) is 0.443. The van der Waals surface area contributed by atoms with Crippen LogP contribution in [0.2, 0.25) is 0 Å². The molecule has 0 fully saturated rings. The molecule has 0 aromatic rings. The molecule has 0 saturated heterocycles. The zero-order valence-corrected chi connectivity index (χ0v) is 6.85. The molecule has 1 atom stereocenters. The Morgan fingerprint density at radius 1 is 1.70 bits per heavy atom. The van der Waals surface area contributed by atoms with Crippen LogP contribution >= 0.6 is 0 Å². The first kappa shape index (κ1) is 9.66. The Kier molecular flexibility index (Phi) is 4.32. The van der Waals surface area contributed by atoms with Crippen molar-refractivity contribution >= 4 is 0 Å². The maximum atomic E-state index is 9.39. The van der Waals surface area contributed by atoms with Crippen LogP contribution in [0, 0.1) is 0 Å². The molecule has 0 amide bonds. The van der Waals surface area contributed by atoms with E-state index in [1.165, 1.54) is 0 Å². The summed E-state index contributed by atoms with van der Waals surface area (Å²) in [6, 6.07) is 0. The van der Waals surface area contributed by atoms with E-state index in [9.17, 15) is 5.11 Å². The van der Waals surface area contributed by atoms with Crippen molar-refractivity contribution in [2.45, 2.75) is 25.9 Å². The highest BCUT2D eigenvalue weighted by atomic mass is 16.3. The Morgan fingerprint density at radius 3 is 2.70 bits per heavy atom. The van der Waals surface area contributed by atoms with E-state index in [1.807, 2.05) is 6.92 Å². The first-order chi connectivity index (χ1) is 4.62. The lowest BCUT2D eigenvalue weighted by atomic mass is 10.0. The number of nitrogens with one attached hydrogen (secondary N) is 1. The molecule has 0 heterocycles. The Labute approximate surface area is 62.9 Å². The van der Waals surface area contributed by atoms with Gasteiger partial charge in [0.25, 0.3) is 0 Å². The van der Waals surface area contributed by atoms with Gasteiger partial charge in [0.15, 0.2) is 0 Å². The van der Waals surface area contributed by atoms with Gasteiger partial charge in [0.1, 0.15) is 0 Å². The van der Waals surface area contributed by atoms with Gasteiger partial charge in [-0.1, -0.05) is 13.0 Å². The lowest BCUT2D eigenvalue weighted by Crippen LogP contribution is -2.27. The fourth-order valence-corrected chi connectivity index (χ4v) is 0.620. The normalized spacial score (nSPS) is 16.3. The second-order valence-electron chi connectivity index (χ2n) is 2.66. The molecular weight excluding hydrogens is 126 g/mol. The van der Waals surface area contributed by atoms with Crippen LogP contribution in [0.15, 0.2) is 12.7 Å². The van der Waals surface area contributed by atoms with Crippen LogP contribution < -0.4 is 5.32 Å². The minimum absolute atomic E-state index is 0.706. The summed E-state index contributed by atoms with van der Waals surface area (Å²) in [5, 5.41) is 12.5. The van der Waals surface area contributed by atoms with Crippen molar-refractivity contribution in [1.82, 2.24) is 5.32 Å². The average molecular weight is 143 g/mol. The summed E-state index contributed by atoms with van der Waals surface area (Å²) in [6.07, 6.45) is 2.30. The smallest absolute Gasteiger partial charge is 0.0809 e. The van der Waals surface area contributed by atoms with Crippen molar-refractivity contribution in [2.75, 3.05) is 13.1 Å². The van der Waals surface area contributed by atoms with E-state index in [4.69, 9.17) is 0 Å². The molecule has 0 aromatic heterocycles. The molecule has 0 saturated carbocycles. The third-order valence-electron chi connectivity index (χ3n) is 1.50. The predicted molar refractivity (Wildman–Crippen MR) is 44.0 cm³/mol. The third-order valence-corrected chi connectivity index (χ3v) is 1.50. The van der Waals surface area contributed by atoms with E-state index in [1.54, 1.807) is 13.0 Å². The first-order valence-electron chi connectivity index (χ1n) is 3.69. The Hall–Kier alpha value is -0.340. The second kappa shape index (κ2) is 4.47. The molecule has 60 valence electrons. The van der Waals surface area contributed by atoms with Crippen molar-refractivity contribution in [3.05, 3.63) is 12.7 Å². The van der Waals surface area contributed by atoms with Crippen molar-refractivity contribution in [2.24, 2.45) is 0 Å². The molecule has 10 heavy (non-hydrogen) atoms. The number of aliphatic hydroxyl groups is 1. The van der Waals surface area contributed by atoms with E-state index in [2.05, 4.69) is 11.9 Å². The van der Waals surface area contributed by atoms with E-state index in [0.29, 0.717) is 0 Å². The van der Waals surface area contributed by atoms with Crippen molar-refractivity contribution < 1.29 is 5.11 Å². The van der Waals surface area contributed by atoms with Crippen LogP contribution in [0.4, 0.5) is 0 Å². The lowest BCUT2D eigenvalue weighted by molar-refractivity contribution is 0.102. The van der Waals surface area contributed by atoms with Gasteiger partial charge in [-0.05, 0) is 26.4 Å². The first-order valence-corrected chi connectivity index (χ1v) is 3.69. The van der Waals surface area contributed by atoms with Gasteiger partial charge in [0.05, 0.1) is 5.60 Å². The van der Waals surface area contributed by atoms with Crippen LogP contribution in [0.25, 0.3) is 0 Å².